The molecule has 0 amide bonds. The topological polar surface area (TPSA) is 81.7 Å². The first-order chi connectivity index (χ1) is 12.2. The number of benzene rings is 1. The highest BCUT2D eigenvalue weighted by Gasteiger charge is 2.17. The highest BCUT2D eigenvalue weighted by Crippen LogP contribution is 2.29. The Morgan fingerprint density at radius 2 is 1.50 bits per heavy atom. The smallest absolute Gasteiger partial charge is 0.335 e. The van der Waals surface area contributed by atoms with Crippen LogP contribution in [0.3, 0.4) is 0 Å². The number of nitrogens with one attached hydrogen (secondary N) is 1. The standard InChI is InChI=1S/C20H25NO5/c1-6-8-18(23)25-16-11-10-14(15(22)13-21-20(3,4)5)12-17(16)26-19(24)9-7-2/h6-12,21H,13H2,1-5H3. The van der Waals surface area contributed by atoms with E-state index in [1.165, 1.54) is 42.5 Å². The van der Waals surface area contributed by atoms with E-state index in [-0.39, 0.29) is 29.4 Å². The van der Waals surface area contributed by atoms with E-state index in [4.69, 9.17) is 9.47 Å². The number of allylic oxidation sites excluding steroid dienone is 2. The molecule has 0 spiro atoms. The average molecular weight is 359 g/mol. The van der Waals surface area contributed by atoms with E-state index >= 15 is 0 Å². The molecule has 0 aromatic heterocycles. The SMILES string of the molecule is CC=CC(=O)Oc1ccc(C(=O)CNC(C)(C)C)cc1OC(=O)C=CC. The van der Waals surface area contributed by atoms with E-state index < -0.39 is 11.9 Å². The monoisotopic (exact) mass is 359 g/mol. The Bertz CT molecular complexity index is 726. The second-order valence-electron chi connectivity index (χ2n) is 6.53. The maximum atomic E-state index is 12.4. The molecule has 1 aromatic rings. The molecular formula is C20H25NO5. The fourth-order valence-electron chi connectivity index (χ4n) is 1.85. The number of hydrogen-bond donors (Lipinski definition) is 1. The third-order valence-electron chi connectivity index (χ3n) is 3.07. The van der Waals surface area contributed by atoms with Crippen molar-refractivity contribution in [2.75, 3.05) is 6.54 Å². The van der Waals surface area contributed by atoms with Gasteiger partial charge in [0.05, 0.1) is 6.54 Å². The van der Waals surface area contributed by atoms with Gasteiger partial charge in [-0.05, 0) is 52.8 Å². The zero-order chi connectivity index (χ0) is 19.7. The van der Waals surface area contributed by atoms with E-state index in [0.29, 0.717) is 5.56 Å². The minimum atomic E-state index is -0.631. The van der Waals surface area contributed by atoms with Crippen LogP contribution in [-0.2, 0) is 9.59 Å². The number of ketones is 1. The van der Waals surface area contributed by atoms with Crippen molar-refractivity contribution in [1.29, 1.82) is 0 Å². The number of rotatable bonds is 7. The quantitative estimate of drug-likeness (QED) is 0.348. The molecule has 0 unspecified atom stereocenters. The third-order valence-corrected chi connectivity index (χ3v) is 3.07. The molecule has 0 aliphatic heterocycles. The number of Topliss-reactive ketones (excluding diaryl/α,β-unsaturated/α-hetero) is 1. The Balaban J connectivity index is 3.10. The summed E-state index contributed by atoms with van der Waals surface area (Å²) in [6.07, 6.45) is 5.52. The number of ether oxygens (including phenoxy) is 2. The third kappa shape index (κ3) is 7.44. The summed E-state index contributed by atoms with van der Waals surface area (Å²) in [6.45, 7) is 9.34. The summed E-state index contributed by atoms with van der Waals surface area (Å²) < 4.78 is 10.4. The van der Waals surface area contributed by atoms with Crippen molar-refractivity contribution in [1.82, 2.24) is 5.32 Å². The molecule has 0 aliphatic carbocycles. The highest BCUT2D eigenvalue weighted by molar-refractivity contribution is 5.98. The second-order valence-corrected chi connectivity index (χ2v) is 6.53. The van der Waals surface area contributed by atoms with Gasteiger partial charge in [0.25, 0.3) is 0 Å². The zero-order valence-corrected chi connectivity index (χ0v) is 15.8. The van der Waals surface area contributed by atoms with E-state index in [1.54, 1.807) is 13.8 Å². The van der Waals surface area contributed by atoms with E-state index in [2.05, 4.69) is 5.32 Å². The maximum Gasteiger partial charge on any atom is 0.335 e. The summed E-state index contributed by atoms with van der Waals surface area (Å²) >= 11 is 0. The van der Waals surface area contributed by atoms with Gasteiger partial charge >= 0.3 is 11.9 Å². The van der Waals surface area contributed by atoms with Crippen molar-refractivity contribution < 1.29 is 23.9 Å². The first kappa shape index (κ1) is 21.3. The molecule has 0 aliphatic rings. The van der Waals surface area contributed by atoms with Gasteiger partial charge in [0.1, 0.15) is 0 Å². The van der Waals surface area contributed by atoms with Crippen LogP contribution < -0.4 is 14.8 Å². The van der Waals surface area contributed by atoms with Gasteiger partial charge in [-0.3, -0.25) is 4.79 Å². The van der Waals surface area contributed by atoms with Crippen LogP contribution in [0.1, 0.15) is 45.0 Å². The molecule has 0 radical (unpaired) electrons. The summed E-state index contributed by atoms with van der Waals surface area (Å²) in [4.78, 5) is 35.8. The summed E-state index contributed by atoms with van der Waals surface area (Å²) in [5.41, 5.74) is 0.134. The normalized spacial score (nSPS) is 11.7. The first-order valence-electron chi connectivity index (χ1n) is 8.27. The van der Waals surface area contributed by atoms with Crippen LogP contribution in [0, 0.1) is 0 Å². The van der Waals surface area contributed by atoms with Crippen LogP contribution >= 0.6 is 0 Å². The van der Waals surface area contributed by atoms with Crippen LogP contribution in [0.5, 0.6) is 11.5 Å². The minimum absolute atomic E-state index is 0.00700. The number of hydrogen-bond acceptors (Lipinski definition) is 6. The molecule has 0 heterocycles. The number of carbonyl (C=O) groups is 3. The van der Waals surface area contributed by atoms with Crippen molar-refractivity contribution >= 4 is 17.7 Å². The highest BCUT2D eigenvalue weighted by atomic mass is 16.6. The predicted octanol–water partition coefficient (Wildman–Crippen LogP) is 3.22. The van der Waals surface area contributed by atoms with Crippen LogP contribution in [0.2, 0.25) is 0 Å². The zero-order valence-electron chi connectivity index (χ0n) is 15.8. The molecule has 0 atom stereocenters. The Labute approximate surface area is 153 Å². The Kier molecular flexibility index (Phi) is 7.93. The lowest BCUT2D eigenvalue weighted by atomic mass is 10.1. The van der Waals surface area contributed by atoms with Gasteiger partial charge in [-0.2, -0.15) is 0 Å². The molecule has 26 heavy (non-hydrogen) atoms. The lowest BCUT2D eigenvalue weighted by Crippen LogP contribution is -2.39. The molecule has 0 saturated heterocycles. The summed E-state index contributed by atoms with van der Waals surface area (Å²) in [5, 5.41) is 3.10. The van der Waals surface area contributed by atoms with E-state index in [0.717, 1.165) is 0 Å². The molecule has 1 N–H and O–H groups in total. The summed E-state index contributed by atoms with van der Waals surface area (Å²) in [6, 6.07) is 4.36. The van der Waals surface area contributed by atoms with Crippen LogP contribution in [0.25, 0.3) is 0 Å². The second kappa shape index (κ2) is 9.68. The van der Waals surface area contributed by atoms with Gasteiger partial charge in [-0.15, -0.1) is 0 Å². The Hall–Kier alpha value is -2.73. The van der Waals surface area contributed by atoms with Crippen LogP contribution in [-0.4, -0.2) is 29.8 Å². The van der Waals surface area contributed by atoms with Gasteiger partial charge in [0.15, 0.2) is 17.3 Å². The molecule has 1 aromatic carbocycles. The van der Waals surface area contributed by atoms with Crippen molar-refractivity contribution in [2.45, 2.75) is 40.2 Å². The molecule has 0 saturated carbocycles. The van der Waals surface area contributed by atoms with Crippen LogP contribution in [0.15, 0.2) is 42.5 Å². The Morgan fingerprint density at radius 1 is 0.962 bits per heavy atom. The van der Waals surface area contributed by atoms with Crippen molar-refractivity contribution in [2.24, 2.45) is 0 Å². The molecule has 0 fully saturated rings. The lowest BCUT2D eigenvalue weighted by molar-refractivity contribution is -0.131. The van der Waals surface area contributed by atoms with Gasteiger partial charge in [0.2, 0.25) is 0 Å². The largest absolute Gasteiger partial charge is 0.419 e. The fourth-order valence-corrected chi connectivity index (χ4v) is 1.85. The minimum Gasteiger partial charge on any atom is -0.419 e. The van der Waals surface area contributed by atoms with Crippen molar-refractivity contribution in [3.63, 3.8) is 0 Å². The summed E-state index contributed by atoms with van der Waals surface area (Å²) in [5.74, 6) is -1.34. The molecule has 0 bridgehead atoms. The van der Waals surface area contributed by atoms with Gasteiger partial charge in [-0.25, -0.2) is 9.59 Å². The van der Waals surface area contributed by atoms with Crippen LogP contribution in [0.4, 0.5) is 0 Å². The Morgan fingerprint density at radius 3 is 2.00 bits per heavy atom. The molecule has 140 valence electrons. The molecule has 6 heteroatoms. The average Bonchev–Trinajstić information content (AvgIpc) is 2.54. The molecule has 1 rings (SSSR count). The summed E-state index contributed by atoms with van der Waals surface area (Å²) in [7, 11) is 0. The molecular weight excluding hydrogens is 334 g/mol. The molecule has 6 nitrogen and oxygen atoms in total. The van der Waals surface area contributed by atoms with Gasteiger partial charge in [0, 0.05) is 23.3 Å². The van der Waals surface area contributed by atoms with Crippen molar-refractivity contribution in [3.8, 4) is 11.5 Å². The lowest BCUT2D eigenvalue weighted by Gasteiger charge is -2.20. The van der Waals surface area contributed by atoms with E-state index in [9.17, 15) is 14.4 Å². The van der Waals surface area contributed by atoms with Crippen molar-refractivity contribution in [3.05, 3.63) is 48.1 Å². The van der Waals surface area contributed by atoms with Gasteiger partial charge in [-0.1, -0.05) is 12.2 Å². The first-order valence-corrected chi connectivity index (χ1v) is 8.27. The van der Waals surface area contributed by atoms with E-state index in [1.807, 2.05) is 20.8 Å². The number of carbonyl (C=O) groups excluding carboxylic acids is 3. The fraction of sp³-hybridized carbons (Fsp3) is 0.350. The number of esters is 2. The predicted molar refractivity (Wildman–Crippen MR) is 99.4 cm³/mol. The van der Waals surface area contributed by atoms with Gasteiger partial charge < -0.3 is 14.8 Å². The maximum absolute atomic E-state index is 12.4.